The van der Waals surface area contributed by atoms with Gasteiger partial charge >= 0.3 is 0 Å². The number of oxazole rings is 1. The number of hydrogen-bond acceptors (Lipinski definition) is 8. The first-order chi connectivity index (χ1) is 27.8. The third-order valence-electron chi connectivity index (χ3n) is 12.6. The Morgan fingerprint density at radius 2 is 1.49 bits per heavy atom. The molecule has 280 valence electrons. The number of Topliss-reactive ketones (excluding diaryl/α,β-unsaturated/α-hetero) is 1. The van der Waals surface area contributed by atoms with Gasteiger partial charge in [-0.2, -0.15) is 0 Å². The lowest BCUT2D eigenvalue weighted by molar-refractivity contribution is -0.135. The van der Waals surface area contributed by atoms with Crippen molar-refractivity contribution < 1.29 is 33.4 Å². The van der Waals surface area contributed by atoms with Crippen LogP contribution < -0.4 is 9.64 Å². The summed E-state index contributed by atoms with van der Waals surface area (Å²) < 4.78 is 11.8. The van der Waals surface area contributed by atoms with Gasteiger partial charge in [0.05, 0.1) is 30.0 Å². The number of carbonyl (C=O) groups is 4. The lowest BCUT2D eigenvalue weighted by Crippen LogP contribution is -2.58. The summed E-state index contributed by atoms with van der Waals surface area (Å²) in [7, 11) is 1.50. The predicted molar refractivity (Wildman–Crippen MR) is 213 cm³/mol. The van der Waals surface area contributed by atoms with Crippen LogP contribution in [0.15, 0.2) is 150 Å². The molecule has 3 aliphatic carbocycles. The number of imide groups is 1. The summed E-state index contributed by atoms with van der Waals surface area (Å²) >= 11 is 0. The number of benzene rings is 5. The highest BCUT2D eigenvalue weighted by atomic mass is 16.5. The zero-order chi connectivity index (χ0) is 39.0. The lowest BCUT2D eigenvalue weighted by Gasteiger charge is -2.55. The summed E-state index contributed by atoms with van der Waals surface area (Å²) in [5, 5.41) is 11.8. The fraction of sp³-hybridized carbons (Fsp3) is 0.188. The number of para-hydroxylation sites is 2. The number of hydrogen-bond donors (Lipinski definition) is 1. The first-order valence-corrected chi connectivity index (χ1v) is 19.1. The molecule has 57 heavy (non-hydrogen) atoms. The normalized spacial score (nSPS) is 25.4. The van der Waals surface area contributed by atoms with Gasteiger partial charge in [0.25, 0.3) is 0 Å². The molecule has 0 spiro atoms. The van der Waals surface area contributed by atoms with Crippen molar-refractivity contribution in [1.29, 1.82) is 0 Å². The molecule has 1 aromatic heterocycles. The quantitative estimate of drug-likeness (QED) is 0.133. The standard InChI is InChI=1S/C48H36N2O7/c1-56-39-18-10-16-37(51)42(39)43-31-23-24-32-41(47(55)50(46(32)54)30-21-19-28(20-22-30)45-49-36-15-8-9-17-38(36)57-45)34(31)25-35-44(53)33(27-11-4-2-5-12-27)26-40(52)48(35,43)29-13-6-3-7-14-29/h2-23,26,32,34-35,41,43,51H,24-25H2,1H3/t32-,34+,35-,41-,43+,48-/m0/s1. The van der Waals surface area contributed by atoms with E-state index < -0.39 is 35.0 Å². The van der Waals surface area contributed by atoms with Crippen molar-refractivity contribution in [3.63, 3.8) is 0 Å². The number of allylic oxidation sites excluding steroid dienone is 4. The van der Waals surface area contributed by atoms with Gasteiger partial charge in [-0.25, -0.2) is 4.98 Å². The molecule has 5 aromatic carbocycles. The maximum absolute atomic E-state index is 15.3. The Bertz CT molecular complexity index is 2670. The summed E-state index contributed by atoms with van der Waals surface area (Å²) in [6.45, 7) is 0. The van der Waals surface area contributed by atoms with Gasteiger partial charge in [-0.1, -0.05) is 90.5 Å². The monoisotopic (exact) mass is 752 g/mol. The van der Waals surface area contributed by atoms with Crippen molar-refractivity contribution in [2.75, 3.05) is 12.0 Å². The molecule has 1 N–H and O–H groups in total. The van der Waals surface area contributed by atoms with Crippen LogP contribution in [0, 0.1) is 23.7 Å². The van der Waals surface area contributed by atoms with E-state index in [0.29, 0.717) is 50.7 Å². The van der Waals surface area contributed by atoms with Crippen molar-refractivity contribution in [1.82, 2.24) is 4.98 Å². The Hall–Kier alpha value is -6.87. The first kappa shape index (κ1) is 34.6. The van der Waals surface area contributed by atoms with E-state index >= 15 is 9.59 Å². The van der Waals surface area contributed by atoms with Crippen molar-refractivity contribution in [3.05, 3.63) is 162 Å². The second kappa shape index (κ2) is 13.1. The molecule has 2 heterocycles. The zero-order valence-electron chi connectivity index (χ0n) is 30.9. The first-order valence-electron chi connectivity index (χ1n) is 19.1. The van der Waals surface area contributed by atoms with Crippen molar-refractivity contribution in [2.24, 2.45) is 23.7 Å². The topological polar surface area (TPSA) is 127 Å². The number of amides is 2. The van der Waals surface area contributed by atoms with Gasteiger partial charge < -0.3 is 14.3 Å². The zero-order valence-corrected chi connectivity index (χ0v) is 30.9. The largest absolute Gasteiger partial charge is 0.508 e. The Balaban J connectivity index is 1.12. The van der Waals surface area contributed by atoms with Crippen LogP contribution in [0.1, 0.15) is 35.4 Å². The average molecular weight is 753 g/mol. The molecule has 1 aliphatic heterocycles. The summed E-state index contributed by atoms with van der Waals surface area (Å²) in [6, 6.07) is 37.9. The molecule has 4 aliphatic rings. The fourth-order valence-electron chi connectivity index (χ4n) is 10.2. The number of rotatable bonds is 6. The lowest BCUT2D eigenvalue weighted by atomic mass is 9.44. The van der Waals surface area contributed by atoms with Crippen molar-refractivity contribution >= 4 is 45.7 Å². The smallest absolute Gasteiger partial charge is 0.238 e. The number of fused-ring (bicyclic) bond motifs is 5. The van der Waals surface area contributed by atoms with Crippen LogP contribution in [0.3, 0.4) is 0 Å². The number of phenolic OH excluding ortho intramolecular Hbond substituents is 1. The molecule has 0 bridgehead atoms. The Morgan fingerprint density at radius 3 is 2.23 bits per heavy atom. The molecule has 10 rings (SSSR count). The Morgan fingerprint density at radius 1 is 0.772 bits per heavy atom. The Labute approximate surface area is 327 Å². The summed E-state index contributed by atoms with van der Waals surface area (Å²) in [5.74, 6) is -4.45. The second-order valence-electron chi connectivity index (χ2n) is 15.2. The highest BCUT2D eigenvalue weighted by molar-refractivity contribution is 6.32. The molecule has 0 unspecified atom stereocenters. The van der Waals surface area contributed by atoms with Gasteiger partial charge in [0.15, 0.2) is 17.1 Å². The van der Waals surface area contributed by atoms with E-state index in [9.17, 15) is 14.7 Å². The average Bonchev–Trinajstić information content (AvgIpc) is 3.80. The predicted octanol–water partition coefficient (Wildman–Crippen LogP) is 8.24. The van der Waals surface area contributed by atoms with Crippen molar-refractivity contribution in [3.8, 4) is 23.0 Å². The molecule has 1 saturated heterocycles. The molecular formula is C48H36N2O7. The molecule has 0 radical (unpaired) electrons. The molecular weight excluding hydrogens is 717 g/mol. The van der Waals surface area contributed by atoms with Gasteiger partial charge in [-0.3, -0.25) is 24.1 Å². The van der Waals surface area contributed by atoms with Crippen LogP contribution in [-0.2, 0) is 24.6 Å². The highest BCUT2D eigenvalue weighted by Crippen LogP contribution is 2.65. The fourth-order valence-corrected chi connectivity index (χ4v) is 10.2. The number of carbonyl (C=O) groups excluding carboxylic acids is 4. The maximum Gasteiger partial charge on any atom is 0.238 e. The molecule has 1 saturated carbocycles. The van der Waals surface area contributed by atoms with Gasteiger partial charge in [0, 0.05) is 28.5 Å². The molecule has 6 atom stereocenters. The van der Waals surface area contributed by atoms with E-state index in [4.69, 9.17) is 9.15 Å². The number of aromatic nitrogens is 1. The van der Waals surface area contributed by atoms with E-state index in [0.717, 1.165) is 11.1 Å². The van der Waals surface area contributed by atoms with E-state index in [1.165, 1.54) is 18.1 Å². The highest BCUT2D eigenvalue weighted by Gasteiger charge is 2.66. The summed E-state index contributed by atoms with van der Waals surface area (Å²) in [4.78, 5) is 65.6. The van der Waals surface area contributed by atoms with Crippen LogP contribution in [0.5, 0.6) is 11.5 Å². The van der Waals surface area contributed by atoms with Gasteiger partial charge in [0.2, 0.25) is 17.7 Å². The molecule has 6 aromatic rings. The van der Waals surface area contributed by atoms with E-state index in [1.807, 2.05) is 91.0 Å². The minimum Gasteiger partial charge on any atom is -0.508 e. The van der Waals surface area contributed by atoms with E-state index in [1.54, 1.807) is 42.5 Å². The van der Waals surface area contributed by atoms with Gasteiger partial charge in [-0.05, 0) is 84.5 Å². The third-order valence-corrected chi connectivity index (χ3v) is 12.6. The number of ether oxygens (including phenoxy) is 1. The van der Waals surface area contributed by atoms with E-state index in [-0.39, 0.29) is 42.0 Å². The minimum atomic E-state index is -1.50. The molecule has 2 fully saturated rings. The van der Waals surface area contributed by atoms with Crippen LogP contribution in [-0.4, -0.2) is 40.6 Å². The van der Waals surface area contributed by atoms with Crippen LogP contribution in [0.25, 0.3) is 28.1 Å². The summed E-state index contributed by atoms with van der Waals surface area (Å²) in [6.07, 6.45) is 3.83. The molecule has 9 heteroatoms. The minimum absolute atomic E-state index is 0.0929. The third kappa shape index (κ3) is 5.04. The van der Waals surface area contributed by atoms with E-state index in [2.05, 4.69) is 4.98 Å². The maximum atomic E-state index is 15.3. The van der Waals surface area contributed by atoms with Crippen LogP contribution >= 0.6 is 0 Å². The van der Waals surface area contributed by atoms with Crippen molar-refractivity contribution in [2.45, 2.75) is 24.2 Å². The van der Waals surface area contributed by atoms with Crippen LogP contribution in [0.4, 0.5) is 5.69 Å². The number of phenols is 1. The molecule has 9 nitrogen and oxygen atoms in total. The SMILES string of the molecule is COc1cccc(O)c1[C@H]1C2=CC[C@@H]3C(=O)N(c4ccc(-c5nc6ccccc6o5)cc4)C(=O)[C@@H]3[C@@H]2C[C@H]2C(=O)C(c3ccccc3)=CC(=O)[C@@]12c1ccccc1. The summed E-state index contributed by atoms with van der Waals surface area (Å²) in [5.41, 5.74) is 3.66. The van der Waals surface area contributed by atoms with Gasteiger partial charge in [-0.15, -0.1) is 0 Å². The number of ketones is 2. The number of methoxy groups -OCH3 is 1. The number of anilines is 1. The number of nitrogens with zero attached hydrogens (tertiary/aromatic N) is 2. The Kier molecular flexibility index (Phi) is 7.97. The number of aromatic hydroxyl groups is 1. The van der Waals surface area contributed by atoms with Crippen LogP contribution in [0.2, 0.25) is 0 Å². The molecule has 2 amide bonds. The second-order valence-corrected chi connectivity index (χ2v) is 15.2. The van der Waals surface area contributed by atoms with Gasteiger partial charge in [0.1, 0.15) is 17.0 Å².